The maximum absolute atomic E-state index is 5.46. The molecule has 1 aliphatic rings. The first-order valence-electron chi connectivity index (χ1n) is 3.49. The van der Waals surface area contributed by atoms with Crippen molar-refractivity contribution < 1.29 is 4.74 Å². The number of halogens is 1. The summed E-state index contributed by atoms with van der Waals surface area (Å²) in [4.78, 5) is 0. The highest BCUT2D eigenvalue weighted by molar-refractivity contribution is 9.11. The Kier molecular flexibility index (Phi) is 3.39. The van der Waals surface area contributed by atoms with E-state index in [1.165, 1.54) is 5.57 Å². The fourth-order valence-electron chi connectivity index (χ4n) is 1.03. The topological polar surface area (TPSA) is 35.2 Å². The number of nitrogens with two attached hydrogens (primary N) is 1. The van der Waals surface area contributed by atoms with Crippen molar-refractivity contribution in [3.8, 4) is 0 Å². The molecule has 1 rings (SSSR count). The van der Waals surface area contributed by atoms with Crippen LogP contribution < -0.4 is 5.73 Å². The second-order valence-electron chi connectivity index (χ2n) is 2.32. The Labute approximate surface area is 69.6 Å². The molecule has 0 radical (unpaired) electrons. The Morgan fingerprint density at radius 1 is 1.50 bits per heavy atom. The molecule has 0 aliphatic carbocycles. The number of hydrogen-bond acceptors (Lipinski definition) is 2. The van der Waals surface area contributed by atoms with Gasteiger partial charge in [-0.3, -0.25) is 0 Å². The summed E-state index contributed by atoms with van der Waals surface area (Å²) < 4.78 is 6.36. The zero-order chi connectivity index (χ0) is 7.40. The van der Waals surface area contributed by atoms with Crippen LogP contribution in [0.15, 0.2) is 10.1 Å². The zero-order valence-corrected chi connectivity index (χ0v) is 7.49. The minimum absolute atomic E-state index is 0.620. The van der Waals surface area contributed by atoms with E-state index in [2.05, 4.69) is 15.9 Å². The lowest BCUT2D eigenvalue weighted by molar-refractivity contribution is 0.119. The molecule has 2 N–H and O–H groups in total. The number of hydrogen-bond donors (Lipinski definition) is 1. The summed E-state index contributed by atoms with van der Waals surface area (Å²) in [7, 11) is 0. The van der Waals surface area contributed by atoms with E-state index < -0.39 is 0 Å². The lowest BCUT2D eigenvalue weighted by Crippen LogP contribution is -2.11. The Hall–Kier alpha value is 0.140. The normalized spacial score (nSPS) is 19.2. The van der Waals surface area contributed by atoms with Gasteiger partial charge in [-0.2, -0.15) is 0 Å². The van der Waals surface area contributed by atoms with Crippen molar-refractivity contribution in [2.75, 3.05) is 19.8 Å². The molecule has 1 fully saturated rings. The van der Waals surface area contributed by atoms with Gasteiger partial charge in [-0.1, -0.05) is 21.5 Å². The molecule has 0 atom stereocenters. The first-order valence-corrected chi connectivity index (χ1v) is 4.28. The summed E-state index contributed by atoms with van der Waals surface area (Å²) in [6, 6.07) is 0. The fourth-order valence-corrected chi connectivity index (χ4v) is 1.43. The Balaban J connectivity index is 2.51. The first kappa shape index (κ1) is 8.24. The van der Waals surface area contributed by atoms with E-state index in [9.17, 15) is 0 Å². The molecular weight excluding hydrogens is 194 g/mol. The smallest absolute Gasteiger partial charge is 0.0503 e. The number of ether oxygens (including phenoxy) is 1. The van der Waals surface area contributed by atoms with Gasteiger partial charge in [0.15, 0.2) is 0 Å². The summed E-state index contributed by atoms with van der Waals surface area (Å²) in [6.07, 6.45) is 2.08. The van der Waals surface area contributed by atoms with Gasteiger partial charge in [-0.25, -0.2) is 0 Å². The van der Waals surface area contributed by atoms with E-state index in [1.54, 1.807) is 0 Å². The highest BCUT2D eigenvalue weighted by Gasteiger charge is 2.07. The summed E-state index contributed by atoms with van der Waals surface area (Å²) in [5, 5.41) is 0. The fraction of sp³-hybridized carbons (Fsp3) is 0.714. The van der Waals surface area contributed by atoms with E-state index in [-0.39, 0.29) is 0 Å². The monoisotopic (exact) mass is 205 g/mol. The second kappa shape index (κ2) is 4.11. The van der Waals surface area contributed by atoms with Gasteiger partial charge in [0, 0.05) is 11.0 Å². The quantitative estimate of drug-likeness (QED) is 0.703. The van der Waals surface area contributed by atoms with Crippen LogP contribution in [0.2, 0.25) is 0 Å². The molecule has 0 aromatic rings. The molecule has 1 saturated heterocycles. The lowest BCUT2D eigenvalue weighted by atomic mass is 10.1. The maximum Gasteiger partial charge on any atom is 0.0503 e. The van der Waals surface area contributed by atoms with Crippen LogP contribution in [0.4, 0.5) is 0 Å². The van der Waals surface area contributed by atoms with Crippen molar-refractivity contribution in [1.82, 2.24) is 0 Å². The molecule has 10 heavy (non-hydrogen) atoms. The van der Waals surface area contributed by atoms with Crippen LogP contribution >= 0.6 is 15.9 Å². The van der Waals surface area contributed by atoms with Crippen molar-refractivity contribution in [2.45, 2.75) is 12.8 Å². The molecule has 1 heterocycles. The van der Waals surface area contributed by atoms with Crippen LogP contribution in [0, 0.1) is 0 Å². The highest BCUT2D eigenvalue weighted by Crippen LogP contribution is 2.20. The van der Waals surface area contributed by atoms with Gasteiger partial charge >= 0.3 is 0 Å². The van der Waals surface area contributed by atoms with Crippen LogP contribution in [0.25, 0.3) is 0 Å². The second-order valence-corrected chi connectivity index (χ2v) is 3.28. The van der Waals surface area contributed by atoms with Gasteiger partial charge in [0.25, 0.3) is 0 Å². The minimum atomic E-state index is 0.620. The Morgan fingerprint density at radius 3 is 2.60 bits per heavy atom. The van der Waals surface area contributed by atoms with Crippen LogP contribution in [-0.2, 0) is 4.74 Å². The Morgan fingerprint density at radius 2 is 2.10 bits per heavy atom. The molecule has 2 nitrogen and oxygen atoms in total. The molecule has 3 heteroatoms. The van der Waals surface area contributed by atoms with E-state index in [1.807, 2.05) is 0 Å². The van der Waals surface area contributed by atoms with Crippen molar-refractivity contribution >= 4 is 15.9 Å². The molecule has 0 aromatic carbocycles. The maximum atomic E-state index is 5.46. The van der Waals surface area contributed by atoms with Gasteiger partial charge in [0.2, 0.25) is 0 Å². The van der Waals surface area contributed by atoms with E-state index >= 15 is 0 Å². The van der Waals surface area contributed by atoms with Crippen LogP contribution in [0.5, 0.6) is 0 Å². The van der Waals surface area contributed by atoms with Crippen LogP contribution in [0.1, 0.15) is 12.8 Å². The number of rotatable bonds is 1. The molecule has 0 unspecified atom stereocenters. The molecule has 0 bridgehead atoms. The minimum Gasteiger partial charge on any atom is -0.381 e. The van der Waals surface area contributed by atoms with E-state index in [0.29, 0.717) is 6.54 Å². The predicted molar refractivity (Wildman–Crippen MR) is 45.1 cm³/mol. The lowest BCUT2D eigenvalue weighted by Gasteiger charge is -2.15. The molecular formula is C7H12BrNO. The molecule has 0 spiro atoms. The van der Waals surface area contributed by atoms with Gasteiger partial charge in [-0.15, -0.1) is 0 Å². The summed E-state index contributed by atoms with van der Waals surface area (Å²) in [6.45, 7) is 2.32. The Bertz CT molecular complexity index is 137. The molecule has 58 valence electrons. The average molecular weight is 206 g/mol. The predicted octanol–water partition coefficient (Wildman–Crippen LogP) is 1.40. The third kappa shape index (κ3) is 2.08. The largest absolute Gasteiger partial charge is 0.381 e. The molecule has 0 amide bonds. The average Bonchev–Trinajstić information content (AvgIpc) is 2.05. The van der Waals surface area contributed by atoms with Crippen molar-refractivity contribution in [3.63, 3.8) is 0 Å². The molecule has 0 aromatic heterocycles. The van der Waals surface area contributed by atoms with Crippen LogP contribution in [0.3, 0.4) is 0 Å². The zero-order valence-electron chi connectivity index (χ0n) is 5.90. The van der Waals surface area contributed by atoms with Crippen molar-refractivity contribution in [2.24, 2.45) is 5.73 Å². The van der Waals surface area contributed by atoms with Crippen LogP contribution in [-0.4, -0.2) is 19.8 Å². The summed E-state index contributed by atoms with van der Waals surface area (Å²) in [5.74, 6) is 0. The first-order chi connectivity index (χ1) is 4.84. The van der Waals surface area contributed by atoms with Gasteiger partial charge < -0.3 is 10.5 Å². The van der Waals surface area contributed by atoms with Crippen molar-refractivity contribution in [1.29, 1.82) is 0 Å². The highest BCUT2D eigenvalue weighted by atomic mass is 79.9. The van der Waals surface area contributed by atoms with Crippen molar-refractivity contribution in [3.05, 3.63) is 10.1 Å². The molecule has 1 aliphatic heterocycles. The molecule has 0 saturated carbocycles. The van der Waals surface area contributed by atoms with Gasteiger partial charge in [0.1, 0.15) is 0 Å². The standard InChI is InChI=1S/C7H12BrNO/c8-7(5-9)6-1-3-10-4-2-6/h1-5,9H2. The summed E-state index contributed by atoms with van der Waals surface area (Å²) in [5.41, 5.74) is 6.88. The SMILES string of the molecule is NCC(Br)=C1CCOCC1. The van der Waals surface area contributed by atoms with E-state index in [4.69, 9.17) is 10.5 Å². The third-order valence-corrected chi connectivity index (χ3v) is 2.54. The van der Waals surface area contributed by atoms with E-state index in [0.717, 1.165) is 30.5 Å². The van der Waals surface area contributed by atoms with Gasteiger partial charge in [-0.05, 0) is 12.8 Å². The third-order valence-electron chi connectivity index (χ3n) is 1.66. The summed E-state index contributed by atoms with van der Waals surface area (Å²) >= 11 is 3.44. The van der Waals surface area contributed by atoms with Gasteiger partial charge in [0.05, 0.1) is 13.2 Å².